The zero-order valence-electron chi connectivity index (χ0n) is 25.5. The van der Waals surface area contributed by atoms with Crippen LogP contribution in [0.25, 0.3) is 10.9 Å². The van der Waals surface area contributed by atoms with Gasteiger partial charge in [-0.25, -0.2) is 19.5 Å². The van der Waals surface area contributed by atoms with Gasteiger partial charge in [-0.2, -0.15) is 15.2 Å². The van der Waals surface area contributed by atoms with E-state index in [-0.39, 0.29) is 48.7 Å². The van der Waals surface area contributed by atoms with Gasteiger partial charge in [-0.3, -0.25) is 14.7 Å². The molecular weight excluding hydrogens is 623 g/mol. The SMILES string of the molecule is O=C(NCc1cccc(OCCOc2ncn[nH]2)c1)c1nc2ccc(F)c(NCc3cccc(OCCCc4ncn[nH]4)c3)c2c(=O)[nH]1. The molecule has 0 atom stereocenters. The average molecular weight is 655 g/mol. The number of anilines is 1. The molecule has 0 aliphatic rings. The minimum atomic E-state index is -0.654. The van der Waals surface area contributed by atoms with Crippen LogP contribution in [-0.2, 0) is 19.5 Å². The van der Waals surface area contributed by atoms with Crippen molar-refractivity contribution >= 4 is 22.5 Å². The van der Waals surface area contributed by atoms with E-state index in [0.29, 0.717) is 30.5 Å². The van der Waals surface area contributed by atoms with Gasteiger partial charge >= 0.3 is 6.01 Å². The van der Waals surface area contributed by atoms with Gasteiger partial charge < -0.3 is 29.8 Å². The number of fused-ring (bicyclic) bond motifs is 1. The number of hydrogen-bond donors (Lipinski definition) is 5. The van der Waals surface area contributed by atoms with Crippen LogP contribution in [0.15, 0.2) is 78.1 Å². The molecule has 3 aromatic carbocycles. The maximum absolute atomic E-state index is 15.0. The number of carbonyl (C=O) groups excluding carboxylic acids is 1. The molecule has 3 aromatic heterocycles. The molecule has 5 N–H and O–H groups in total. The number of amides is 1. The van der Waals surface area contributed by atoms with Crippen LogP contribution < -0.4 is 30.4 Å². The van der Waals surface area contributed by atoms with Crippen molar-refractivity contribution < 1.29 is 23.4 Å². The summed E-state index contributed by atoms with van der Waals surface area (Å²) in [4.78, 5) is 40.9. The Labute approximate surface area is 272 Å². The number of rotatable bonds is 16. The highest BCUT2D eigenvalue weighted by molar-refractivity contribution is 5.95. The molecule has 15 nitrogen and oxygen atoms in total. The maximum atomic E-state index is 15.0. The number of aromatic amines is 3. The number of aryl methyl sites for hydroxylation is 1. The molecule has 0 unspecified atom stereocenters. The van der Waals surface area contributed by atoms with Crippen LogP contribution in [0.1, 0.15) is 34.0 Å². The summed E-state index contributed by atoms with van der Waals surface area (Å²) in [6.07, 6.45) is 4.27. The predicted octanol–water partition coefficient (Wildman–Crippen LogP) is 3.31. The van der Waals surface area contributed by atoms with Crippen LogP contribution in [0.4, 0.5) is 10.1 Å². The van der Waals surface area contributed by atoms with Crippen molar-refractivity contribution in [2.45, 2.75) is 25.9 Å². The lowest BCUT2D eigenvalue weighted by Gasteiger charge is -2.12. The van der Waals surface area contributed by atoms with Gasteiger partial charge in [0.1, 0.15) is 49.0 Å². The van der Waals surface area contributed by atoms with Crippen LogP contribution in [-0.4, -0.2) is 66.1 Å². The first-order valence-electron chi connectivity index (χ1n) is 15.0. The monoisotopic (exact) mass is 654 g/mol. The fourth-order valence-electron chi connectivity index (χ4n) is 4.78. The topological polar surface area (TPSA) is 198 Å². The second-order valence-corrected chi connectivity index (χ2v) is 10.4. The highest BCUT2D eigenvalue weighted by Crippen LogP contribution is 2.24. The molecule has 16 heteroatoms. The van der Waals surface area contributed by atoms with Gasteiger partial charge in [0.15, 0.2) is 5.82 Å². The molecule has 0 saturated carbocycles. The first-order chi connectivity index (χ1) is 23.5. The molecule has 48 heavy (non-hydrogen) atoms. The minimum Gasteiger partial charge on any atom is -0.494 e. The van der Waals surface area contributed by atoms with Gasteiger partial charge in [0.25, 0.3) is 11.5 Å². The summed E-state index contributed by atoms with van der Waals surface area (Å²) < 4.78 is 31.9. The molecule has 0 radical (unpaired) electrons. The van der Waals surface area contributed by atoms with E-state index in [0.717, 1.165) is 23.4 Å². The first-order valence-corrected chi connectivity index (χ1v) is 15.0. The number of hydrogen-bond acceptors (Lipinski definition) is 11. The van der Waals surface area contributed by atoms with Crippen molar-refractivity contribution in [1.29, 1.82) is 0 Å². The van der Waals surface area contributed by atoms with E-state index in [1.165, 1.54) is 24.8 Å². The van der Waals surface area contributed by atoms with Crippen molar-refractivity contribution in [2.75, 3.05) is 25.1 Å². The molecule has 0 bridgehead atoms. The lowest BCUT2D eigenvalue weighted by molar-refractivity contribution is 0.0940. The maximum Gasteiger partial charge on any atom is 0.312 e. The van der Waals surface area contributed by atoms with Crippen LogP contribution >= 0.6 is 0 Å². The van der Waals surface area contributed by atoms with E-state index < -0.39 is 17.3 Å². The van der Waals surface area contributed by atoms with E-state index in [1.54, 1.807) is 18.2 Å². The van der Waals surface area contributed by atoms with Gasteiger partial charge in [-0.15, -0.1) is 0 Å². The quantitative estimate of drug-likeness (QED) is 0.0960. The summed E-state index contributed by atoms with van der Waals surface area (Å²) in [5, 5.41) is 18.7. The molecule has 246 valence electrons. The highest BCUT2D eigenvalue weighted by atomic mass is 19.1. The Hall–Kier alpha value is -6.32. The largest absolute Gasteiger partial charge is 0.494 e. The normalized spacial score (nSPS) is 10.9. The summed E-state index contributed by atoms with van der Waals surface area (Å²) in [6.45, 7) is 1.36. The summed E-state index contributed by atoms with van der Waals surface area (Å²) in [7, 11) is 0. The lowest BCUT2D eigenvalue weighted by atomic mass is 10.1. The van der Waals surface area contributed by atoms with Crippen LogP contribution in [0.3, 0.4) is 0 Å². The number of carbonyl (C=O) groups is 1. The molecule has 3 heterocycles. The van der Waals surface area contributed by atoms with Crippen molar-refractivity contribution in [3.63, 3.8) is 0 Å². The number of nitrogens with one attached hydrogen (secondary N) is 5. The first kappa shape index (κ1) is 31.7. The molecule has 6 aromatic rings. The molecule has 1 amide bonds. The lowest BCUT2D eigenvalue weighted by Crippen LogP contribution is -2.28. The zero-order chi connectivity index (χ0) is 33.1. The number of nitrogens with zero attached hydrogens (tertiary/aromatic N) is 5. The average Bonchev–Trinajstić information content (AvgIpc) is 3.83. The molecule has 0 saturated heterocycles. The smallest absolute Gasteiger partial charge is 0.312 e. The Kier molecular flexibility index (Phi) is 10.1. The molecule has 0 spiro atoms. The number of ether oxygens (including phenoxy) is 3. The van der Waals surface area contributed by atoms with Crippen LogP contribution in [0.5, 0.6) is 17.5 Å². The van der Waals surface area contributed by atoms with E-state index in [9.17, 15) is 14.0 Å². The van der Waals surface area contributed by atoms with Gasteiger partial charge in [0, 0.05) is 19.5 Å². The van der Waals surface area contributed by atoms with Gasteiger partial charge in [0.05, 0.1) is 23.2 Å². The number of halogens is 1. The standard InChI is InChI=1S/C32H31FN10O5/c33-24-9-10-25-27(28(24)34-16-20-4-1-6-22(14-20)46-11-3-8-26-36-18-38-42-26)30(44)41-29(40-25)31(45)35-17-21-5-2-7-23(15-21)47-12-13-48-32-37-19-39-43-32/h1-2,4-7,9-10,14-15,18-19,34H,3,8,11-13,16-17H2,(H,35,45)(H,36,38,42)(H,37,39,43)(H,40,41,44). The predicted molar refractivity (Wildman–Crippen MR) is 171 cm³/mol. The second-order valence-electron chi connectivity index (χ2n) is 10.4. The summed E-state index contributed by atoms with van der Waals surface area (Å²) in [5.41, 5.74) is 1.07. The Morgan fingerprint density at radius 1 is 0.833 bits per heavy atom. The van der Waals surface area contributed by atoms with Gasteiger partial charge in [0.2, 0.25) is 0 Å². The fraction of sp³-hybridized carbons (Fsp3) is 0.219. The minimum absolute atomic E-state index is 0.00325. The summed E-state index contributed by atoms with van der Waals surface area (Å²) >= 11 is 0. The Morgan fingerprint density at radius 2 is 1.56 bits per heavy atom. The molecule has 6 rings (SSSR count). The van der Waals surface area contributed by atoms with Crippen molar-refractivity contribution in [3.05, 3.63) is 112 Å². The van der Waals surface area contributed by atoms with Crippen LogP contribution in [0, 0.1) is 5.82 Å². The molecule has 0 aliphatic heterocycles. The third-order valence-corrected chi connectivity index (χ3v) is 7.03. The van der Waals surface area contributed by atoms with E-state index in [2.05, 4.69) is 51.0 Å². The Bertz CT molecular complexity index is 2020. The molecule has 0 aliphatic carbocycles. The van der Waals surface area contributed by atoms with Gasteiger partial charge in [-0.1, -0.05) is 24.3 Å². The Morgan fingerprint density at radius 3 is 2.31 bits per heavy atom. The zero-order valence-corrected chi connectivity index (χ0v) is 25.5. The van der Waals surface area contributed by atoms with Crippen LogP contribution in [0.2, 0.25) is 0 Å². The molecular formula is C32H31FN10O5. The van der Waals surface area contributed by atoms with Gasteiger partial charge in [-0.05, 0) is 53.9 Å². The van der Waals surface area contributed by atoms with Crippen molar-refractivity contribution in [1.82, 2.24) is 45.6 Å². The Balaban J connectivity index is 1.04. The summed E-state index contributed by atoms with van der Waals surface area (Å²) in [5.74, 6) is 0.613. The number of aromatic nitrogens is 8. The molecule has 0 fully saturated rings. The van der Waals surface area contributed by atoms with E-state index in [4.69, 9.17) is 14.2 Å². The third-order valence-electron chi connectivity index (χ3n) is 7.03. The van der Waals surface area contributed by atoms with Crippen molar-refractivity contribution in [3.8, 4) is 17.5 Å². The number of H-pyrrole nitrogens is 3. The van der Waals surface area contributed by atoms with Crippen molar-refractivity contribution in [2.24, 2.45) is 0 Å². The third kappa shape index (κ3) is 8.28. The second kappa shape index (κ2) is 15.3. The summed E-state index contributed by atoms with van der Waals surface area (Å²) in [6, 6.07) is 17.4. The van der Waals surface area contributed by atoms with E-state index >= 15 is 0 Å². The highest BCUT2D eigenvalue weighted by Gasteiger charge is 2.17. The van der Waals surface area contributed by atoms with E-state index in [1.807, 2.05) is 30.3 Å². The fourth-order valence-corrected chi connectivity index (χ4v) is 4.78. The number of benzene rings is 3.